The number of anilines is 1. The molecule has 0 aliphatic rings. The zero-order valence-electron chi connectivity index (χ0n) is 15.0. The lowest BCUT2D eigenvalue weighted by Gasteiger charge is -2.15. The Morgan fingerprint density at radius 2 is 1.60 bits per heavy atom. The monoisotopic (exact) mass is 343 g/mol. The van der Waals surface area contributed by atoms with E-state index in [-0.39, 0.29) is 5.91 Å². The molecule has 0 heterocycles. The van der Waals surface area contributed by atoms with Crippen LogP contribution in [0.4, 0.5) is 5.69 Å². The minimum Gasteiger partial charge on any atom is -0.497 e. The lowest BCUT2D eigenvalue weighted by molar-refractivity contribution is -0.122. The number of rotatable bonds is 9. The van der Waals surface area contributed by atoms with Gasteiger partial charge in [-0.1, -0.05) is 13.3 Å². The lowest BCUT2D eigenvalue weighted by atomic mass is 10.2. The highest BCUT2D eigenvalue weighted by Crippen LogP contribution is 2.19. The first kappa shape index (κ1) is 18.6. The van der Waals surface area contributed by atoms with Gasteiger partial charge < -0.3 is 19.5 Å². The summed E-state index contributed by atoms with van der Waals surface area (Å²) < 4.78 is 16.3. The fourth-order valence-corrected chi connectivity index (χ4v) is 2.12. The molecule has 0 saturated heterocycles. The number of ether oxygens (including phenoxy) is 3. The fourth-order valence-electron chi connectivity index (χ4n) is 2.12. The van der Waals surface area contributed by atoms with E-state index >= 15 is 0 Å². The molecule has 2 aromatic rings. The van der Waals surface area contributed by atoms with E-state index in [4.69, 9.17) is 14.2 Å². The second kappa shape index (κ2) is 9.57. The number of carbonyl (C=O) groups is 1. The average Bonchev–Trinajstić information content (AvgIpc) is 2.64. The highest BCUT2D eigenvalue weighted by Gasteiger charge is 2.15. The molecule has 0 radical (unpaired) electrons. The molecule has 1 N–H and O–H groups in total. The van der Waals surface area contributed by atoms with Gasteiger partial charge in [0.15, 0.2) is 6.10 Å². The van der Waals surface area contributed by atoms with Gasteiger partial charge >= 0.3 is 0 Å². The molecular weight excluding hydrogens is 318 g/mol. The van der Waals surface area contributed by atoms with E-state index in [0.29, 0.717) is 18.0 Å². The van der Waals surface area contributed by atoms with Gasteiger partial charge in [-0.05, 0) is 61.9 Å². The normalized spacial score (nSPS) is 11.5. The summed E-state index contributed by atoms with van der Waals surface area (Å²) in [6, 6.07) is 14.4. The number of methoxy groups -OCH3 is 1. The molecule has 0 bridgehead atoms. The lowest BCUT2D eigenvalue weighted by Crippen LogP contribution is -2.30. The molecule has 2 aromatic carbocycles. The quantitative estimate of drug-likeness (QED) is 0.691. The van der Waals surface area contributed by atoms with E-state index in [1.165, 1.54) is 0 Å². The highest BCUT2D eigenvalue weighted by molar-refractivity contribution is 5.94. The number of hydrogen-bond acceptors (Lipinski definition) is 4. The van der Waals surface area contributed by atoms with Gasteiger partial charge in [0.05, 0.1) is 13.7 Å². The molecule has 0 unspecified atom stereocenters. The topological polar surface area (TPSA) is 56.8 Å². The Morgan fingerprint density at radius 1 is 1.00 bits per heavy atom. The molecule has 0 spiro atoms. The summed E-state index contributed by atoms with van der Waals surface area (Å²) >= 11 is 0. The summed E-state index contributed by atoms with van der Waals surface area (Å²) in [6.07, 6.45) is 1.51. The predicted molar refractivity (Wildman–Crippen MR) is 98.6 cm³/mol. The van der Waals surface area contributed by atoms with Crippen LogP contribution in [0.25, 0.3) is 0 Å². The number of hydrogen-bond donors (Lipinski definition) is 1. The van der Waals surface area contributed by atoms with Crippen molar-refractivity contribution in [2.75, 3.05) is 19.0 Å². The van der Waals surface area contributed by atoms with Gasteiger partial charge in [-0.25, -0.2) is 0 Å². The highest BCUT2D eigenvalue weighted by atomic mass is 16.5. The summed E-state index contributed by atoms with van der Waals surface area (Å²) in [5, 5.41) is 2.83. The second-order valence-electron chi connectivity index (χ2n) is 5.65. The smallest absolute Gasteiger partial charge is 0.265 e. The molecule has 0 saturated carbocycles. The third kappa shape index (κ3) is 6.03. The van der Waals surface area contributed by atoms with Gasteiger partial charge in [0.1, 0.15) is 17.2 Å². The van der Waals surface area contributed by atoms with E-state index in [2.05, 4.69) is 12.2 Å². The number of carbonyl (C=O) groups excluding carboxylic acids is 1. The maximum Gasteiger partial charge on any atom is 0.265 e. The molecule has 25 heavy (non-hydrogen) atoms. The van der Waals surface area contributed by atoms with Crippen LogP contribution in [0.3, 0.4) is 0 Å². The fraction of sp³-hybridized carbons (Fsp3) is 0.350. The molecule has 1 atom stereocenters. The summed E-state index contributed by atoms with van der Waals surface area (Å²) in [6.45, 7) is 4.54. The summed E-state index contributed by atoms with van der Waals surface area (Å²) in [7, 11) is 1.60. The van der Waals surface area contributed by atoms with Crippen molar-refractivity contribution in [2.45, 2.75) is 32.8 Å². The predicted octanol–water partition coefficient (Wildman–Crippen LogP) is 4.28. The van der Waals surface area contributed by atoms with Gasteiger partial charge in [-0.2, -0.15) is 0 Å². The zero-order valence-corrected chi connectivity index (χ0v) is 15.0. The Balaban J connectivity index is 1.85. The van der Waals surface area contributed by atoms with E-state index in [9.17, 15) is 4.79 Å². The van der Waals surface area contributed by atoms with Crippen molar-refractivity contribution >= 4 is 11.6 Å². The molecule has 2 rings (SSSR count). The van der Waals surface area contributed by atoms with Crippen molar-refractivity contribution < 1.29 is 19.0 Å². The standard InChI is InChI=1S/C20H25NO4/c1-4-5-14-24-18-8-6-16(7-9-18)21-20(22)15(2)25-19-12-10-17(23-3)11-13-19/h6-13,15H,4-5,14H2,1-3H3,(H,21,22)/t15-/m0/s1. The second-order valence-corrected chi connectivity index (χ2v) is 5.65. The SMILES string of the molecule is CCCCOc1ccc(NC(=O)[C@H](C)Oc2ccc(OC)cc2)cc1. The first-order valence-corrected chi connectivity index (χ1v) is 8.46. The van der Waals surface area contributed by atoms with Gasteiger partial charge in [0.25, 0.3) is 5.91 Å². The van der Waals surface area contributed by atoms with Crippen LogP contribution < -0.4 is 19.5 Å². The molecule has 0 aliphatic carbocycles. The Hall–Kier alpha value is -2.69. The van der Waals surface area contributed by atoms with Crippen LogP contribution in [-0.2, 0) is 4.79 Å². The summed E-state index contributed by atoms with van der Waals surface area (Å²) in [5.74, 6) is 1.94. The Morgan fingerprint density at radius 3 is 2.20 bits per heavy atom. The van der Waals surface area contributed by atoms with Gasteiger partial charge in [-0.15, -0.1) is 0 Å². The van der Waals surface area contributed by atoms with E-state index in [1.807, 2.05) is 24.3 Å². The number of amides is 1. The van der Waals surface area contributed by atoms with Crippen molar-refractivity contribution in [1.29, 1.82) is 0 Å². The first-order valence-electron chi connectivity index (χ1n) is 8.46. The minimum atomic E-state index is -0.617. The zero-order chi connectivity index (χ0) is 18.1. The molecule has 134 valence electrons. The van der Waals surface area contributed by atoms with E-state index < -0.39 is 6.10 Å². The summed E-state index contributed by atoms with van der Waals surface area (Å²) in [5.41, 5.74) is 0.707. The Bertz CT molecular complexity index is 652. The molecule has 0 aromatic heterocycles. The third-order valence-corrected chi connectivity index (χ3v) is 3.63. The number of benzene rings is 2. The van der Waals surface area contributed by atoms with Crippen LogP contribution in [0, 0.1) is 0 Å². The van der Waals surface area contributed by atoms with E-state index in [0.717, 1.165) is 24.3 Å². The van der Waals surface area contributed by atoms with Crippen LogP contribution in [0.2, 0.25) is 0 Å². The van der Waals surface area contributed by atoms with Crippen LogP contribution in [0.15, 0.2) is 48.5 Å². The van der Waals surface area contributed by atoms with E-state index in [1.54, 1.807) is 38.3 Å². The van der Waals surface area contributed by atoms with Crippen molar-refractivity contribution in [1.82, 2.24) is 0 Å². The Kier molecular flexibility index (Phi) is 7.14. The molecule has 1 amide bonds. The van der Waals surface area contributed by atoms with Crippen molar-refractivity contribution in [3.05, 3.63) is 48.5 Å². The third-order valence-electron chi connectivity index (χ3n) is 3.63. The number of unbranched alkanes of at least 4 members (excludes halogenated alkanes) is 1. The van der Waals surface area contributed by atoms with Gasteiger partial charge in [0.2, 0.25) is 0 Å². The largest absolute Gasteiger partial charge is 0.497 e. The Labute approximate surface area is 148 Å². The van der Waals surface area contributed by atoms with Crippen molar-refractivity contribution in [3.63, 3.8) is 0 Å². The molecular formula is C20H25NO4. The van der Waals surface area contributed by atoms with Crippen LogP contribution >= 0.6 is 0 Å². The number of nitrogens with one attached hydrogen (secondary N) is 1. The molecule has 0 aliphatic heterocycles. The maximum absolute atomic E-state index is 12.2. The first-order chi connectivity index (χ1) is 12.1. The van der Waals surface area contributed by atoms with Crippen LogP contribution in [0.1, 0.15) is 26.7 Å². The maximum atomic E-state index is 12.2. The van der Waals surface area contributed by atoms with Crippen molar-refractivity contribution in [3.8, 4) is 17.2 Å². The average molecular weight is 343 g/mol. The molecule has 0 fully saturated rings. The minimum absolute atomic E-state index is 0.213. The van der Waals surface area contributed by atoms with Crippen LogP contribution in [0.5, 0.6) is 17.2 Å². The molecule has 5 nitrogen and oxygen atoms in total. The molecule has 5 heteroatoms. The van der Waals surface area contributed by atoms with Gasteiger partial charge in [-0.3, -0.25) is 4.79 Å². The van der Waals surface area contributed by atoms with Crippen LogP contribution in [-0.4, -0.2) is 25.7 Å². The summed E-state index contributed by atoms with van der Waals surface area (Å²) in [4.78, 5) is 12.2. The van der Waals surface area contributed by atoms with Gasteiger partial charge in [0, 0.05) is 5.69 Å². The van der Waals surface area contributed by atoms with Crippen molar-refractivity contribution in [2.24, 2.45) is 0 Å².